The number of pyridine rings is 1. The Balaban J connectivity index is 2.61. The molecule has 0 saturated heterocycles. The van der Waals surface area contributed by atoms with Gasteiger partial charge in [-0.15, -0.1) is 0 Å². The molecular formula is C12H10N4. The van der Waals surface area contributed by atoms with E-state index in [0.717, 1.165) is 16.7 Å². The monoisotopic (exact) mass is 210 g/mol. The Morgan fingerprint density at radius 1 is 1.31 bits per heavy atom. The van der Waals surface area contributed by atoms with Gasteiger partial charge in [-0.2, -0.15) is 0 Å². The summed E-state index contributed by atoms with van der Waals surface area (Å²) in [6.07, 6.45) is 3.46. The first-order chi connectivity index (χ1) is 7.81. The van der Waals surface area contributed by atoms with Crippen LogP contribution in [0.5, 0.6) is 0 Å². The fourth-order valence-corrected chi connectivity index (χ4v) is 1.54. The summed E-state index contributed by atoms with van der Waals surface area (Å²) in [4.78, 5) is 6.89. The third-order valence-electron chi connectivity index (χ3n) is 2.28. The van der Waals surface area contributed by atoms with E-state index in [9.17, 15) is 0 Å². The number of hydrogen-bond donors (Lipinski definition) is 0. The zero-order valence-corrected chi connectivity index (χ0v) is 8.83. The minimum Gasteiger partial charge on any atom is -0.264 e. The molecule has 2 rings (SSSR count). The summed E-state index contributed by atoms with van der Waals surface area (Å²) in [5.41, 5.74) is 12.1. The number of benzene rings is 1. The first kappa shape index (κ1) is 10.2. The number of aromatic nitrogens is 1. The van der Waals surface area contributed by atoms with Crippen LogP contribution in [0.2, 0.25) is 0 Å². The lowest BCUT2D eigenvalue weighted by Gasteiger charge is -2.05. The van der Waals surface area contributed by atoms with Crippen LogP contribution in [0.4, 0.5) is 5.69 Å². The molecule has 16 heavy (non-hydrogen) atoms. The number of aryl methyl sites for hydroxylation is 1. The molecule has 0 saturated carbocycles. The van der Waals surface area contributed by atoms with Gasteiger partial charge in [0.25, 0.3) is 0 Å². The highest BCUT2D eigenvalue weighted by atomic mass is 15.1. The molecule has 0 aliphatic heterocycles. The van der Waals surface area contributed by atoms with Crippen LogP contribution in [0.15, 0.2) is 47.8 Å². The van der Waals surface area contributed by atoms with Crippen LogP contribution in [-0.4, -0.2) is 4.98 Å². The normalized spacial score (nSPS) is 9.56. The lowest BCUT2D eigenvalue weighted by Crippen LogP contribution is -1.81. The van der Waals surface area contributed by atoms with E-state index in [1.807, 2.05) is 37.3 Å². The quantitative estimate of drug-likeness (QED) is 0.419. The van der Waals surface area contributed by atoms with Gasteiger partial charge in [-0.05, 0) is 30.2 Å². The fourth-order valence-electron chi connectivity index (χ4n) is 1.54. The zero-order chi connectivity index (χ0) is 11.4. The molecule has 1 aromatic carbocycles. The van der Waals surface area contributed by atoms with Crippen LogP contribution < -0.4 is 0 Å². The van der Waals surface area contributed by atoms with Gasteiger partial charge in [-0.1, -0.05) is 28.9 Å². The second-order valence-electron chi connectivity index (χ2n) is 3.45. The molecule has 0 amide bonds. The van der Waals surface area contributed by atoms with Gasteiger partial charge in [0.1, 0.15) is 0 Å². The van der Waals surface area contributed by atoms with Gasteiger partial charge in [0.05, 0.1) is 0 Å². The molecule has 0 N–H and O–H groups in total. The molecule has 78 valence electrons. The molecule has 0 unspecified atom stereocenters. The third kappa shape index (κ3) is 2.02. The Labute approximate surface area is 93.2 Å². The van der Waals surface area contributed by atoms with Gasteiger partial charge in [0.15, 0.2) is 0 Å². The Morgan fingerprint density at radius 2 is 2.19 bits per heavy atom. The van der Waals surface area contributed by atoms with Gasteiger partial charge in [0, 0.05) is 28.6 Å². The summed E-state index contributed by atoms with van der Waals surface area (Å²) >= 11 is 0. The van der Waals surface area contributed by atoms with E-state index >= 15 is 0 Å². The van der Waals surface area contributed by atoms with E-state index in [1.165, 1.54) is 0 Å². The number of nitrogens with zero attached hydrogens (tertiary/aromatic N) is 4. The van der Waals surface area contributed by atoms with Crippen molar-refractivity contribution < 1.29 is 0 Å². The molecule has 1 aromatic heterocycles. The zero-order valence-electron chi connectivity index (χ0n) is 8.83. The van der Waals surface area contributed by atoms with Crippen LogP contribution in [0.1, 0.15) is 5.56 Å². The molecule has 0 fully saturated rings. The van der Waals surface area contributed by atoms with E-state index in [4.69, 9.17) is 5.53 Å². The maximum Gasteiger partial charge on any atom is 0.0456 e. The van der Waals surface area contributed by atoms with Crippen LogP contribution in [0.3, 0.4) is 0 Å². The van der Waals surface area contributed by atoms with Gasteiger partial charge >= 0.3 is 0 Å². The van der Waals surface area contributed by atoms with Crippen molar-refractivity contribution in [2.45, 2.75) is 6.92 Å². The molecule has 0 aliphatic rings. The Hall–Kier alpha value is -2.32. The van der Waals surface area contributed by atoms with Crippen molar-refractivity contribution in [1.29, 1.82) is 0 Å². The van der Waals surface area contributed by atoms with Gasteiger partial charge in [0.2, 0.25) is 0 Å². The van der Waals surface area contributed by atoms with E-state index in [2.05, 4.69) is 15.0 Å². The topological polar surface area (TPSA) is 61.7 Å². The second kappa shape index (κ2) is 4.47. The highest BCUT2D eigenvalue weighted by Crippen LogP contribution is 2.30. The van der Waals surface area contributed by atoms with Crippen LogP contribution in [-0.2, 0) is 0 Å². The van der Waals surface area contributed by atoms with Crippen molar-refractivity contribution in [2.24, 2.45) is 5.11 Å². The van der Waals surface area contributed by atoms with Crippen molar-refractivity contribution in [3.8, 4) is 11.1 Å². The molecule has 4 heteroatoms. The van der Waals surface area contributed by atoms with Crippen molar-refractivity contribution >= 4 is 5.69 Å². The summed E-state index contributed by atoms with van der Waals surface area (Å²) in [6, 6.07) is 9.58. The first-order valence-electron chi connectivity index (χ1n) is 4.87. The summed E-state index contributed by atoms with van der Waals surface area (Å²) in [6.45, 7) is 1.96. The van der Waals surface area contributed by atoms with E-state index in [1.54, 1.807) is 12.4 Å². The fraction of sp³-hybridized carbons (Fsp3) is 0.0833. The Bertz CT molecular complexity index is 542. The van der Waals surface area contributed by atoms with E-state index in [0.29, 0.717) is 5.69 Å². The van der Waals surface area contributed by atoms with Gasteiger partial charge < -0.3 is 0 Å². The molecule has 0 bridgehead atoms. The lowest BCUT2D eigenvalue weighted by atomic mass is 10.0. The largest absolute Gasteiger partial charge is 0.264 e. The molecule has 0 radical (unpaired) electrons. The molecule has 1 heterocycles. The maximum atomic E-state index is 8.52. The SMILES string of the molecule is Cc1ccc(-c2cccnc2)c(N=[N+]=[N-])c1. The Morgan fingerprint density at radius 3 is 2.88 bits per heavy atom. The van der Waals surface area contributed by atoms with Crippen molar-refractivity contribution in [2.75, 3.05) is 0 Å². The lowest BCUT2D eigenvalue weighted by molar-refractivity contribution is 1.32. The molecule has 0 aliphatic carbocycles. The van der Waals surface area contributed by atoms with Crippen LogP contribution in [0.25, 0.3) is 21.6 Å². The summed E-state index contributed by atoms with van der Waals surface area (Å²) in [5.74, 6) is 0. The third-order valence-corrected chi connectivity index (χ3v) is 2.28. The molecular weight excluding hydrogens is 200 g/mol. The first-order valence-corrected chi connectivity index (χ1v) is 4.87. The average molecular weight is 210 g/mol. The highest BCUT2D eigenvalue weighted by Gasteiger charge is 2.03. The number of hydrogen-bond acceptors (Lipinski definition) is 2. The number of azide groups is 1. The standard InChI is InChI=1S/C12H10N4/c1-9-4-5-11(12(7-9)15-16-13)10-3-2-6-14-8-10/h2-8H,1H3. The molecule has 0 atom stereocenters. The van der Waals surface area contributed by atoms with Crippen LogP contribution in [0, 0.1) is 6.92 Å². The van der Waals surface area contributed by atoms with Crippen molar-refractivity contribution in [1.82, 2.24) is 4.98 Å². The minimum atomic E-state index is 0.635. The van der Waals surface area contributed by atoms with E-state index in [-0.39, 0.29) is 0 Å². The highest BCUT2D eigenvalue weighted by molar-refractivity contribution is 5.75. The minimum absolute atomic E-state index is 0.635. The maximum absolute atomic E-state index is 8.52. The summed E-state index contributed by atoms with van der Waals surface area (Å²) < 4.78 is 0. The van der Waals surface area contributed by atoms with E-state index < -0.39 is 0 Å². The summed E-state index contributed by atoms with van der Waals surface area (Å²) in [7, 11) is 0. The Kier molecular flexibility index (Phi) is 2.85. The average Bonchev–Trinajstić information content (AvgIpc) is 2.31. The molecule has 0 spiro atoms. The summed E-state index contributed by atoms with van der Waals surface area (Å²) in [5, 5.41) is 3.70. The predicted molar refractivity (Wildman–Crippen MR) is 63.2 cm³/mol. The predicted octanol–water partition coefficient (Wildman–Crippen LogP) is 4.00. The van der Waals surface area contributed by atoms with Crippen LogP contribution >= 0.6 is 0 Å². The molecule has 4 nitrogen and oxygen atoms in total. The number of rotatable bonds is 2. The van der Waals surface area contributed by atoms with Gasteiger partial charge in [-0.25, -0.2) is 0 Å². The second-order valence-corrected chi connectivity index (χ2v) is 3.45. The van der Waals surface area contributed by atoms with Gasteiger partial charge in [-0.3, -0.25) is 4.98 Å². The smallest absolute Gasteiger partial charge is 0.0456 e. The molecule has 2 aromatic rings. The van der Waals surface area contributed by atoms with Crippen molar-refractivity contribution in [3.63, 3.8) is 0 Å². The van der Waals surface area contributed by atoms with Crippen molar-refractivity contribution in [3.05, 3.63) is 58.7 Å².